The Bertz CT molecular complexity index is 144. The number of rotatable bonds is 2. The van der Waals surface area contributed by atoms with Crippen molar-refractivity contribution in [3.8, 4) is 0 Å². The van der Waals surface area contributed by atoms with E-state index >= 15 is 0 Å². The molecule has 3 heteroatoms. The highest BCUT2D eigenvalue weighted by atomic mass is 127. The fourth-order valence-corrected chi connectivity index (χ4v) is 0.483. The second kappa shape index (κ2) is 3.95. The van der Waals surface area contributed by atoms with Gasteiger partial charge < -0.3 is 10.7 Å². The van der Waals surface area contributed by atoms with Gasteiger partial charge in [-0.3, -0.25) is 0 Å². The van der Waals surface area contributed by atoms with E-state index in [2.05, 4.69) is 48.7 Å². The zero-order valence-electron chi connectivity index (χ0n) is 6.53. The molecule has 0 bridgehead atoms. The zero-order chi connectivity index (χ0) is 8.20. The van der Waals surface area contributed by atoms with Gasteiger partial charge in [0.25, 0.3) is 0 Å². The lowest BCUT2D eigenvalue weighted by Crippen LogP contribution is -2.31. The lowest BCUT2D eigenvalue weighted by atomic mass is 10.1. The van der Waals surface area contributed by atoms with E-state index in [1.165, 1.54) is 6.21 Å². The molecule has 0 aromatic carbocycles. The Hall–Kier alpha value is -0.0600. The Kier molecular flexibility index (Phi) is 3.93. The maximum atomic E-state index is 6.88. The smallest absolute Gasteiger partial charge is 0.0462 e. The van der Waals surface area contributed by atoms with Crippen molar-refractivity contribution in [2.45, 2.75) is 26.3 Å². The van der Waals surface area contributed by atoms with E-state index in [1.807, 2.05) is 6.20 Å². The third kappa shape index (κ3) is 6.07. The van der Waals surface area contributed by atoms with E-state index in [-0.39, 0.29) is 5.54 Å². The number of hydrogen-bond donors (Lipinski definition) is 2. The minimum atomic E-state index is 0.0967. The van der Waals surface area contributed by atoms with Crippen molar-refractivity contribution in [3.05, 3.63) is 9.78 Å². The first kappa shape index (κ1) is 9.94. The molecule has 0 unspecified atom stereocenters. The van der Waals surface area contributed by atoms with Gasteiger partial charge in [0.05, 0.1) is 0 Å². The van der Waals surface area contributed by atoms with Crippen LogP contribution in [0.25, 0.3) is 0 Å². The van der Waals surface area contributed by atoms with Gasteiger partial charge in [-0.25, -0.2) is 0 Å². The van der Waals surface area contributed by atoms with Gasteiger partial charge in [-0.2, -0.15) is 0 Å². The van der Waals surface area contributed by atoms with Crippen LogP contribution in [0.4, 0.5) is 0 Å². The molecule has 58 valence electrons. The molecule has 2 nitrogen and oxygen atoms in total. The van der Waals surface area contributed by atoms with Crippen LogP contribution in [-0.4, -0.2) is 11.8 Å². The minimum Gasteiger partial charge on any atom is -0.385 e. The van der Waals surface area contributed by atoms with Crippen LogP contribution in [0, 0.1) is 5.41 Å². The number of hydrogen-bond acceptors (Lipinski definition) is 2. The maximum absolute atomic E-state index is 6.88. The van der Waals surface area contributed by atoms with Crippen molar-refractivity contribution in [2.75, 3.05) is 0 Å². The molecule has 0 atom stereocenters. The predicted molar refractivity (Wildman–Crippen MR) is 53.8 cm³/mol. The Labute approximate surface area is 75.7 Å². The Morgan fingerprint density at radius 2 is 2.00 bits per heavy atom. The zero-order valence-corrected chi connectivity index (χ0v) is 8.69. The molecule has 0 rings (SSSR count). The lowest BCUT2D eigenvalue weighted by Gasteiger charge is -2.18. The van der Waals surface area contributed by atoms with Crippen molar-refractivity contribution in [1.82, 2.24) is 5.32 Å². The summed E-state index contributed by atoms with van der Waals surface area (Å²) in [6, 6.07) is 0. The molecule has 0 saturated carbocycles. The van der Waals surface area contributed by atoms with Crippen LogP contribution in [0.1, 0.15) is 20.8 Å². The van der Waals surface area contributed by atoms with E-state index in [0.29, 0.717) is 0 Å². The topological polar surface area (TPSA) is 35.9 Å². The molecule has 0 fully saturated rings. The van der Waals surface area contributed by atoms with Crippen LogP contribution in [0.2, 0.25) is 0 Å². The Balaban J connectivity index is 3.84. The second-order valence-electron chi connectivity index (χ2n) is 3.07. The summed E-state index contributed by atoms with van der Waals surface area (Å²) in [6.07, 6.45) is 3.16. The molecule has 0 aromatic rings. The molecule has 0 radical (unpaired) electrons. The number of nitrogens with one attached hydrogen (secondary N) is 2. The third-order valence-corrected chi connectivity index (χ3v) is 1.40. The fourth-order valence-electron chi connectivity index (χ4n) is 0.327. The predicted octanol–water partition coefficient (Wildman–Crippen LogP) is 2.30. The fraction of sp³-hybridized carbons (Fsp3) is 0.571. The first-order valence-electron chi connectivity index (χ1n) is 3.09. The van der Waals surface area contributed by atoms with Gasteiger partial charge in [-0.15, -0.1) is 0 Å². The Morgan fingerprint density at radius 3 is 2.30 bits per heavy atom. The molecule has 0 aliphatic rings. The summed E-state index contributed by atoms with van der Waals surface area (Å²) in [7, 11) is 0. The van der Waals surface area contributed by atoms with Crippen molar-refractivity contribution >= 4 is 28.8 Å². The summed E-state index contributed by atoms with van der Waals surface area (Å²) in [5.74, 6) is 0. The first-order valence-corrected chi connectivity index (χ1v) is 4.17. The lowest BCUT2D eigenvalue weighted by molar-refractivity contribution is 0.491. The monoisotopic (exact) mass is 252 g/mol. The molecule has 0 spiro atoms. The van der Waals surface area contributed by atoms with Crippen molar-refractivity contribution in [3.63, 3.8) is 0 Å². The maximum Gasteiger partial charge on any atom is 0.0462 e. The van der Waals surface area contributed by atoms with Crippen LogP contribution in [-0.2, 0) is 0 Å². The highest BCUT2D eigenvalue weighted by Gasteiger charge is 2.04. The van der Waals surface area contributed by atoms with Gasteiger partial charge in [0.1, 0.15) is 0 Å². The van der Waals surface area contributed by atoms with Crippen LogP contribution < -0.4 is 5.32 Å². The highest BCUT2D eigenvalue weighted by Crippen LogP contribution is 2.03. The Morgan fingerprint density at radius 1 is 1.50 bits per heavy atom. The van der Waals surface area contributed by atoms with E-state index < -0.39 is 0 Å². The summed E-state index contributed by atoms with van der Waals surface area (Å²) < 4.78 is 0.910. The SMILES string of the molecule is CC(C)(C)N/C=C(/I)C=N. The van der Waals surface area contributed by atoms with Gasteiger partial charge in [-0.05, 0) is 43.4 Å². The molecule has 0 aliphatic heterocycles. The average Bonchev–Trinajstić information content (AvgIpc) is 1.81. The summed E-state index contributed by atoms with van der Waals surface area (Å²) >= 11 is 2.10. The molecule has 0 aliphatic carbocycles. The summed E-state index contributed by atoms with van der Waals surface area (Å²) in [4.78, 5) is 0. The molecule has 0 amide bonds. The van der Waals surface area contributed by atoms with E-state index in [9.17, 15) is 0 Å². The van der Waals surface area contributed by atoms with Gasteiger partial charge in [0, 0.05) is 21.5 Å². The van der Waals surface area contributed by atoms with Gasteiger partial charge >= 0.3 is 0 Å². The van der Waals surface area contributed by atoms with E-state index in [0.717, 1.165) is 3.58 Å². The van der Waals surface area contributed by atoms with Gasteiger partial charge in [-0.1, -0.05) is 0 Å². The molecule has 0 heterocycles. The van der Waals surface area contributed by atoms with Crippen LogP contribution in [0.15, 0.2) is 9.78 Å². The van der Waals surface area contributed by atoms with Crippen LogP contribution in [0.5, 0.6) is 0 Å². The normalized spacial score (nSPS) is 13.0. The summed E-state index contributed by atoms with van der Waals surface area (Å²) in [5, 5.41) is 10.0. The molecule has 10 heavy (non-hydrogen) atoms. The van der Waals surface area contributed by atoms with Gasteiger partial charge in [0.2, 0.25) is 0 Å². The molecule has 0 saturated heterocycles. The molecular formula is C7H13IN2. The first-order chi connectivity index (χ1) is 4.45. The average molecular weight is 252 g/mol. The van der Waals surface area contributed by atoms with Crippen molar-refractivity contribution in [1.29, 1.82) is 5.41 Å². The summed E-state index contributed by atoms with van der Waals surface area (Å²) in [5.41, 5.74) is 0.0967. The number of halogens is 1. The number of allylic oxidation sites excluding steroid dienone is 1. The third-order valence-electron chi connectivity index (χ3n) is 0.781. The standard InChI is InChI=1S/C7H13IN2/c1-7(2,3)10-5-6(8)4-9/h4-5,9-10H,1-3H3/b6-5+,9-4?. The highest BCUT2D eigenvalue weighted by molar-refractivity contribution is 14.1. The van der Waals surface area contributed by atoms with Gasteiger partial charge in [0.15, 0.2) is 0 Å². The molecule has 2 N–H and O–H groups in total. The minimum absolute atomic E-state index is 0.0967. The molecular weight excluding hydrogens is 239 g/mol. The van der Waals surface area contributed by atoms with Crippen molar-refractivity contribution in [2.24, 2.45) is 0 Å². The van der Waals surface area contributed by atoms with Crippen LogP contribution >= 0.6 is 22.6 Å². The second-order valence-corrected chi connectivity index (χ2v) is 4.31. The van der Waals surface area contributed by atoms with Crippen molar-refractivity contribution < 1.29 is 0 Å². The van der Waals surface area contributed by atoms with Crippen LogP contribution in [0.3, 0.4) is 0 Å². The van der Waals surface area contributed by atoms with E-state index in [1.54, 1.807) is 0 Å². The molecule has 0 aromatic heterocycles. The summed E-state index contributed by atoms with van der Waals surface area (Å²) in [6.45, 7) is 6.24. The quantitative estimate of drug-likeness (QED) is 0.574. The van der Waals surface area contributed by atoms with E-state index in [4.69, 9.17) is 5.41 Å². The largest absolute Gasteiger partial charge is 0.385 e.